The minimum Gasteiger partial charge on any atom is -0.459 e. The zero-order valence-electron chi connectivity index (χ0n) is 10.00. The van der Waals surface area contributed by atoms with Gasteiger partial charge >= 0.3 is 0 Å². The lowest BCUT2D eigenvalue weighted by Gasteiger charge is -2.07. The molecule has 0 saturated heterocycles. The van der Waals surface area contributed by atoms with Gasteiger partial charge < -0.3 is 10.2 Å². The summed E-state index contributed by atoms with van der Waals surface area (Å²) < 4.78 is 5.84. The number of hydrogen-bond donors (Lipinski definition) is 1. The molecular formula is C14H13N3O. The summed E-state index contributed by atoms with van der Waals surface area (Å²) >= 11 is 0. The Labute approximate surface area is 104 Å². The Morgan fingerprint density at radius 1 is 1.22 bits per heavy atom. The number of rotatable bonds is 2. The Kier molecular flexibility index (Phi) is 2.57. The highest BCUT2D eigenvalue weighted by Crippen LogP contribution is 2.27. The topological polar surface area (TPSA) is 64.9 Å². The fraction of sp³-hybridized carbons (Fsp3) is 0.143. The van der Waals surface area contributed by atoms with E-state index in [1.807, 2.05) is 37.3 Å². The Morgan fingerprint density at radius 3 is 2.83 bits per heavy atom. The zero-order valence-corrected chi connectivity index (χ0v) is 10.00. The first-order valence-corrected chi connectivity index (χ1v) is 5.77. The fourth-order valence-electron chi connectivity index (χ4n) is 2.03. The smallest absolute Gasteiger partial charge is 0.137 e. The van der Waals surface area contributed by atoms with E-state index in [1.54, 1.807) is 12.4 Å². The summed E-state index contributed by atoms with van der Waals surface area (Å²) in [6.07, 6.45) is 3.29. The van der Waals surface area contributed by atoms with E-state index in [2.05, 4.69) is 10.2 Å². The van der Waals surface area contributed by atoms with Crippen LogP contribution in [0.25, 0.3) is 11.0 Å². The fourth-order valence-corrected chi connectivity index (χ4v) is 2.03. The number of furan rings is 1. The molecule has 0 saturated carbocycles. The van der Waals surface area contributed by atoms with Gasteiger partial charge in [0.15, 0.2) is 0 Å². The number of fused-ring (bicyclic) bond motifs is 1. The van der Waals surface area contributed by atoms with Gasteiger partial charge in [-0.15, -0.1) is 0 Å². The zero-order chi connectivity index (χ0) is 12.5. The summed E-state index contributed by atoms with van der Waals surface area (Å²) in [5.41, 5.74) is 9.06. The minimum absolute atomic E-state index is 0.313. The summed E-state index contributed by atoms with van der Waals surface area (Å²) in [7, 11) is 0. The summed E-state index contributed by atoms with van der Waals surface area (Å²) in [4.78, 5) is 0. The van der Waals surface area contributed by atoms with Crippen LogP contribution < -0.4 is 5.73 Å². The Hall–Kier alpha value is -2.20. The lowest BCUT2D eigenvalue weighted by molar-refractivity contribution is 0.522. The second kappa shape index (κ2) is 4.23. The van der Waals surface area contributed by atoms with Crippen molar-refractivity contribution in [2.45, 2.75) is 13.0 Å². The normalized spacial score (nSPS) is 12.8. The second-order valence-electron chi connectivity index (χ2n) is 4.30. The number of para-hydroxylation sites is 1. The number of aromatic nitrogens is 2. The van der Waals surface area contributed by atoms with Crippen LogP contribution in [-0.2, 0) is 0 Å². The molecule has 4 heteroatoms. The van der Waals surface area contributed by atoms with Crippen LogP contribution in [0.15, 0.2) is 47.1 Å². The maximum Gasteiger partial charge on any atom is 0.137 e. The molecular weight excluding hydrogens is 226 g/mol. The molecule has 2 heterocycles. The van der Waals surface area contributed by atoms with Gasteiger partial charge in [-0.05, 0) is 30.2 Å². The molecule has 18 heavy (non-hydrogen) atoms. The molecule has 3 aromatic rings. The van der Waals surface area contributed by atoms with E-state index in [0.717, 1.165) is 27.9 Å². The van der Waals surface area contributed by atoms with E-state index in [4.69, 9.17) is 10.2 Å². The van der Waals surface area contributed by atoms with Gasteiger partial charge in [-0.3, -0.25) is 0 Å². The average molecular weight is 239 g/mol. The molecule has 0 fully saturated rings. The van der Waals surface area contributed by atoms with Crippen molar-refractivity contribution in [3.05, 3.63) is 59.6 Å². The molecule has 2 aromatic heterocycles. The minimum atomic E-state index is -0.313. The van der Waals surface area contributed by atoms with Crippen molar-refractivity contribution in [3.8, 4) is 0 Å². The summed E-state index contributed by atoms with van der Waals surface area (Å²) in [6.45, 7) is 2.02. The highest BCUT2D eigenvalue weighted by Gasteiger charge is 2.15. The van der Waals surface area contributed by atoms with Crippen molar-refractivity contribution in [3.63, 3.8) is 0 Å². The summed E-state index contributed by atoms with van der Waals surface area (Å²) in [6, 6.07) is 9.57. The van der Waals surface area contributed by atoms with Gasteiger partial charge in [0, 0.05) is 11.6 Å². The molecule has 0 aliphatic carbocycles. The van der Waals surface area contributed by atoms with E-state index in [1.165, 1.54) is 0 Å². The third-order valence-electron chi connectivity index (χ3n) is 3.03. The van der Waals surface area contributed by atoms with Gasteiger partial charge in [0.25, 0.3) is 0 Å². The molecule has 1 aromatic carbocycles. The van der Waals surface area contributed by atoms with Crippen LogP contribution >= 0.6 is 0 Å². The number of hydrogen-bond acceptors (Lipinski definition) is 4. The maximum atomic E-state index is 6.17. The molecule has 2 N–H and O–H groups in total. The van der Waals surface area contributed by atoms with Crippen molar-refractivity contribution in [1.82, 2.24) is 10.2 Å². The van der Waals surface area contributed by atoms with Crippen LogP contribution in [-0.4, -0.2) is 10.2 Å². The first-order valence-electron chi connectivity index (χ1n) is 5.77. The molecule has 0 aliphatic rings. The quantitative estimate of drug-likeness (QED) is 0.746. The van der Waals surface area contributed by atoms with Crippen LogP contribution in [0.1, 0.15) is 22.9 Å². The van der Waals surface area contributed by atoms with Gasteiger partial charge in [0.05, 0.1) is 12.2 Å². The van der Waals surface area contributed by atoms with Crippen molar-refractivity contribution < 1.29 is 4.42 Å². The second-order valence-corrected chi connectivity index (χ2v) is 4.30. The van der Waals surface area contributed by atoms with Gasteiger partial charge in [-0.2, -0.15) is 10.2 Å². The van der Waals surface area contributed by atoms with Crippen molar-refractivity contribution in [2.75, 3.05) is 0 Å². The van der Waals surface area contributed by atoms with Crippen LogP contribution in [0, 0.1) is 6.92 Å². The molecule has 0 spiro atoms. The van der Waals surface area contributed by atoms with Crippen molar-refractivity contribution >= 4 is 11.0 Å². The molecule has 0 radical (unpaired) electrons. The Balaban J connectivity index is 2.07. The molecule has 0 aliphatic heterocycles. The van der Waals surface area contributed by atoms with Crippen molar-refractivity contribution in [1.29, 1.82) is 0 Å². The monoisotopic (exact) mass is 239 g/mol. The molecule has 0 bridgehead atoms. The standard InChI is InChI=1S/C14H13N3O/c1-9-3-2-4-10-7-12(18-14(9)10)13(15)11-5-6-16-17-8-11/h2-8,13H,15H2,1H3. The molecule has 90 valence electrons. The number of benzene rings is 1. The maximum absolute atomic E-state index is 6.17. The molecule has 3 rings (SSSR count). The van der Waals surface area contributed by atoms with Gasteiger partial charge in [-0.25, -0.2) is 0 Å². The lowest BCUT2D eigenvalue weighted by Crippen LogP contribution is -2.11. The molecule has 1 unspecified atom stereocenters. The SMILES string of the molecule is Cc1cccc2cc(C(N)c3ccnnc3)oc12. The predicted molar refractivity (Wildman–Crippen MR) is 69.0 cm³/mol. The van der Waals surface area contributed by atoms with E-state index in [-0.39, 0.29) is 6.04 Å². The predicted octanol–water partition coefficient (Wildman–Crippen LogP) is 2.58. The highest BCUT2D eigenvalue weighted by molar-refractivity contribution is 5.81. The van der Waals surface area contributed by atoms with E-state index >= 15 is 0 Å². The Bertz CT molecular complexity index is 676. The summed E-state index contributed by atoms with van der Waals surface area (Å²) in [5, 5.41) is 8.64. The number of aryl methyl sites for hydroxylation is 1. The van der Waals surface area contributed by atoms with Gasteiger partial charge in [0.1, 0.15) is 11.3 Å². The van der Waals surface area contributed by atoms with E-state index < -0.39 is 0 Å². The van der Waals surface area contributed by atoms with Gasteiger partial charge in [-0.1, -0.05) is 18.2 Å². The number of nitrogens with two attached hydrogens (primary N) is 1. The average Bonchev–Trinajstić information content (AvgIpc) is 2.84. The first kappa shape index (κ1) is 10.9. The lowest BCUT2D eigenvalue weighted by atomic mass is 10.1. The molecule has 4 nitrogen and oxygen atoms in total. The van der Waals surface area contributed by atoms with E-state index in [9.17, 15) is 0 Å². The molecule has 0 amide bonds. The number of nitrogens with zero attached hydrogens (tertiary/aromatic N) is 2. The Morgan fingerprint density at radius 2 is 2.11 bits per heavy atom. The van der Waals surface area contributed by atoms with Gasteiger partial charge in [0.2, 0.25) is 0 Å². The van der Waals surface area contributed by atoms with Crippen LogP contribution in [0.5, 0.6) is 0 Å². The van der Waals surface area contributed by atoms with Crippen LogP contribution in [0.4, 0.5) is 0 Å². The van der Waals surface area contributed by atoms with Crippen LogP contribution in [0.3, 0.4) is 0 Å². The third kappa shape index (κ3) is 1.76. The van der Waals surface area contributed by atoms with Crippen molar-refractivity contribution in [2.24, 2.45) is 5.73 Å². The molecule has 1 atom stereocenters. The van der Waals surface area contributed by atoms with E-state index in [0.29, 0.717) is 0 Å². The third-order valence-corrected chi connectivity index (χ3v) is 3.03. The first-order chi connectivity index (χ1) is 8.75. The van der Waals surface area contributed by atoms with Crippen LogP contribution in [0.2, 0.25) is 0 Å². The highest BCUT2D eigenvalue weighted by atomic mass is 16.3. The summed E-state index contributed by atoms with van der Waals surface area (Å²) in [5.74, 6) is 0.743. The largest absolute Gasteiger partial charge is 0.459 e.